The molecule has 1 heterocycles. The van der Waals surface area contributed by atoms with Gasteiger partial charge in [-0.3, -0.25) is 4.79 Å². The fraction of sp³-hybridized carbons (Fsp3) is 0.154. The number of hydrogen-bond acceptors (Lipinski definition) is 2. The third-order valence-corrected chi connectivity index (χ3v) is 2.87. The fourth-order valence-electron chi connectivity index (χ4n) is 1.68. The molecule has 0 radical (unpaired) electrons. The van der Waals surface area contributed by atoms with Crippen LogP contribution in [0.15, 0.2) is 36.5 Å². The SMILES string of the molecule is CN(Cc1ccc(Cl)cc1)C(=O)c1cc(N)c[nH]1. The first kappa shape index (κ1) is 12.5. The van der Waals surface area contributed by atoms with Crippen molar-refractivity contribution in [3.05, 3.63) is 52.8 Å². The van der Waals surface area contributed by atoms with Crippen LogP contribution in [0.3, 0.4) is 0 Å². The summed E-state index contributed by atoms with van der Waals surface area (Å²) in [5.41, 5.74) is 7.64. The zero-order valence-corrected chi connectivity index (χ0v) is 10.7. The number of aromatic nitrogens is 1. The Morgan fingerprint density at radius 3 is 2.61 bits per heavy atom. The summed E-state index contributed by atoms with van der Waals surface area (Å²) >= 11 is 5.81. The highest BCUT2D eigenvalue weighted by atomic mass is 35.5. The van der Waals surface area contributed by atoms with Gasteiger partial charge in [0.15, 0.2) is 0 Å². The number of anilines is 1. The molecular formula is C13H14ClN3O. The van der Waals surface area contributed by atoms with Gasteiger partial charge in [-0.2, -0.15) is 0 Å². The normalized spacial score (nSPS) is 10.3. The Labute approximate surface area is 110 Å². The second-order valence-corrected chi connectivity index (χ2v) is 4.57. The maximum absolute atomic E-state index is 12.0. The largest absolute Gasteiger partial charge is 0.397 e. The summed E-state index contributed by atoms with van der Waals surface area (Å²) in [4.78, 5) is 16.5. The highest BCUT2D eigenvalue weighted by Crippen LogP contribution is 2.13. The van der Waals surface area contributed by atoms with Crippen LogP contribution in [0.2, 0.25) is 5.02 Å². The Balaban J connectivity index is 2.05. The van der Waals surface area contributed by atoms with E-state index in [2.05, 4.69) is 4.98 Å². The van der Waals surface area contributed by atoms with E-state index in [9.17, 15) is 4.79 Å². The number of aromatic amines is 1. The number of rotatable bonds is 3. The summed E-state index contributed by atoms with van der Waals surface area (Å²) in [6.45, 7) is 0.523. The molecule has 0 aliphatic carbocycles. The van der Waals surface area contributed by atoms with Crippen LogP contribution >= 0.6 is 11.6 Å². The molecule has 0 unspecified atom stereocenters. The molecule has 3 N–H and O–H groups in total. The van der Waals surface area contributed by atoms with Crippen molar-refractivity contribution in [3.8, 4) is 0 Å². The minimum Gasteiger partial charge on any atom is -0.397 e. The lowest BCUT2D eigenvalue weighted by molar-refractivity contribution is 0.0780. The average Bonchev–Trinajstić information content (AvgIpc) is 2.78. The van der Waals surface area contributed by atoms with Gasteiger partial charge < -0.3 is 15.6 Å². The van der Waals surface area contributed by atoms with Crippen LogP contribution in [0, 0.1) is 0 Å². The lowest BCUT2D eigenvalue weighted by Crippen LogP contribution is -2.26. The number of nitrogens with two attached hydrogens (primary N) is 1. The highest BCUT2D eigenvalue weighted by molar-refractivity contribution is 6.30. The number of nitrogens with zero attached hydrogens (tertiary/aromatic N) is 1. The van der Waals surface area contributed by atoms with E-state index in [1.54, 1.807) is 24.2 Å². The summed E-state index contributed by atoms with van der Waals surface area (Å²) in [5.74, 6) is -0.0957. The van der Waals surface area contributed by atoms with Gasteiger partial charge in [0.1, 0.15) is 5.69 Å². The minimum atomic E-state index is -0.0957. The first-order chi connectivity index (χ1) is 8.56. The number of benzene rings is 1. The first-order valence-corrected chi connectivity index (χ1v) is 5.88. The molecule has 0 bridgehead atoms. The smallest absolute Gasteiger partial charge is 0.270 e. The number of amides is 1. The zero-order valence-electron chi connectivity index (χ0n) is 9.98. The Hall–Kier alpha value is -1.94. The number of carbonyl (C=O) groups excluding carboxylic acids is 1. The molecule has 4 nitrogen and oxygen atoms in total. The lowest BCUT2D eigenvalue weighted by Gasteiger charge is -2.16. The van der Waals surface area contributed by atoms with Crippen molar-refractivity contribution >= 4 is 23.2 Å². The molecule has 0 aliphatic rings. The van der Waals surface area contributed by atoms with Crippen LogP contribution in [-0.4, -0.2) is 22.8 Å². The number of hydrogen-bond donors (Lipinski definition) is 2. The molecule has 0 saturated heterocycles. The molecule has 0 aliphatic heterocycles. The predicted octanol–water partition coefficient (Wildman–Crippen LogP) is 2.52. The molecule has 94 valence electrons. The second kappa shape index (κ2) is 5.14. The molecule has 0 spiro atoms. The number of nitrogen functional groups attached to an aromatic ring is 1. The van der Waals surface area contributed by atoms with E-state index in [4.69, 9.17) is 17.3 Å². The van der Waals surface area contributed by atoms with Crippen molar-refractivity contribution < 1.29 is 4.79 Å². The molecule has 5 heteroatoms. The van der Waals surface area contributed by atoms with E-state index in [1.165, 1.54) is 0 Å². The van der Waals surface area contributed by atoms with Crippen molar-refractivity contribution in [3.63, 3.8) is 0 Å². The molecular weight excluding hydrogens is 250 g/mol. The molecule has 1 aromatic heterocycles. The van der Waals surface area contributed by atoms with Crippen molar-refractivity contribution in [2.24, 2.45) is 0 Å². The monoisotopic (exact) mass is 263 g/mol. The van der Waals surface area contributed by atoms with Gasteiger partial charge in [-0.25, -0.2) is 0 Å². The van der Waals surface area contributed by atoms with Crippen LogP contribution in [0.5, 0.6) is 0 Å². The van der Waals surface area contributed by atoms with E-state index >= 15 is 0 Å². The molecule has 1 aromatic carbocycles. The quantitative estimate of drug-likeness (QED) is 0.894. The van der Waals surface area contributed by atoms with Crippen LogP contribution in [-0.2, 0) is 6.54 Å². The Kier molecular flexibility index (Phi) is 3.58. The number of nitrogens with one attached hydrogen (secondary N) is 1. The molecule has 0 saturated carbocycles. The standard InChI is InChI=1S/C13H14ClN3O/c1-17(8-9-2-4-10(14)5-3-9)13(18)12-6-11(15)7-16-12/h2-7,16H,8,15H2,1H3. The number of H-pyrrole nitrogens is 1. The van der Waals surface area contributed by atoms with E-state index in [1.807, 2.05) is 24.3 Å². The Morgan fingerprint density at radius 1 is 1.39 bits per heavy atom. The summed E-state index contributed by atoms with van der Waals surface area (Å²) in [6.07, 6.45) is 1.60. The summed E-state index contributed by atoms with van der Waals surface area (Å²) in [6, 6.07) is 9.04. The second-order valence-electron chi connectivity index (χ2n) is 4.13. The van der Waals surface area contributed by atoms with E-state index < -0.39 is 0 Å². The van der Waals surface area contributed by atoms with Crippen LogP contribution in [0.25, 0.3) is 0 Å². The van der Waals surface area contributed by atoms with Gasteiger partial charge in [0.25, 0.3) is 5.91 Å². The van der Waals surface area contributed by atoms with E-state index in [0.717, 1.165) is 5.56 Å². The third-order valence-electron chi connectivity index (χ3n) is 2.62. The van der Waals surface area contributed by atoms with Crippen LogP contribution in [0.4, 0.5) is 5.69 Å². The van der Waals surface area contributed by atoms with Gasteiger partial charge in [-0.15, -0.1) is 0 Å². The Morgan fingerprint density at radius 2 is 2.06 bits per heavy atom. The minimum absolute atomic E-state index is 0.0957. The number of halogens is 1. The van der Waals surface area contributed by atoms with Crippen LogP contribution < -0.4 is 5.73 Å². The highest BCUT2D eigenvalue weighted by Gasteiger charge is 2.13. The molecule has 2 aromatic rings. The van der Waals surface area contributed by atoms with E-state index in [-0.39, 0.29) is 5.91 Å². The molecule has 2 rings (SSSR count). The number of carbonyl (C=O) groups is 1. The third kappa shape index (κ3) is 2.84. The van der Waals surface area contributed by atoms with Crippen molar-refractivity contribution in [2.75, 3.05) is 12.8 Å². The molecule has 1 amide bonds. The Bertz CT molecular complexity index is 548. The van der Waals surface area contributed by atoms with Crippen LogP contribution in [0.1, 0.15) is 16.1 Å². The summed E-state index contributed by atoms with van der Waals surface area (Å²) in [5, 5.41) is 0.685. The van der Waals surface area contributed by atoms with Crippen molar-refractivity contribution in [1.82, 2.24) is 9.88 Å². The fourth-order valence-corrected chi connectivity index (χ4v) is 1.80. The van der Waals surface area contributed by atoms with Gasteiger partial charge in [0.2, 0.25) is 0 Å². The topological polar surface area (TPSA) is 62.1 Å². The van der Waals surface area contributed by atoms with Gasteiger partial charge >= 0.3 is 0 Å². The summed E-state index contributed by atoms with van der Waals surface area (Å²) < 4.78 is 0. The zero-order chi connectivity index (χ0) is 13.1. The molecule has 18 heavy (non-hydrogen) atoms. The average molecular weight is 264 g/mol. The maximum atomic E-state index is 12.0. The van der Waals surface area contributed by atoms with Crippen molar-refractivity contribution in [2.45, 2.75) is 6.54 Å². The van der Waals surface area contributed by atoms with Gasteiger partial charge in [-0.05, 0) is 23.8 Å². The van der Waals surface area contributed by atoms with Crippen molar-refractivity contribution in [1.29, 1.82) is 0 Å². The lowest BCUT2D eigenvalue weighted by atomic mass is 10.2. The van der Waals surface area contributed by atoms with Gasteiger partial charge in [0.05, 0.1) is 0 Å². The van der Waals surface area contributed by atoms with E-state index in [0.29, 0.717) is 22.9 Å². The summed E-state index contributed by atoms with van der Waals surface area (Å²) in [7, 11) is 1.74. The molecule has 0 fully saturated rings. The first-order valence-electron chi connectivity index (χ1n) is 5.50. The van der Waals surface area contributed by atoms with Gasteiger partial charge in [-0.1, -0.05) is 23.7 Å². The maximum Gasteiger partial charge on any atom is 0.270 e. The predicted molar refractivity (Wildman–Crippen MR) is 72.5 cm³/mol. The molecule has 0 atom stereocenters. The van der Waals surface area contributed by atoms with Gasteiger partial charge in [0, 0.05) is 30.5 Å².